The summed E-state index contributed by atoms with van der Waals surface area (Å²) in [6.07, 6.45) is 0. The molecule has 0 bridgehead atoms. The summed E-state index contributed by atoms with van der Waals surface area (Å²) in [5.41, 5.74) is 1.17. The van der Waals surface area contributed by atoms with Crippen LogP contribution in [-0.4, -0.2) is 12.0 Å². The zero-order valence-electron chi connectivity index (χ0n) is 11.1. The number of nitrogens with zero attached hydrogens (tertiary/aromatic N) is 1. The number of nitro groups is 1. The maximum absolute atomic E-state index is 13.5. The number of nitrogens with one attached hydrogen (secondary N) is 1. The van der Waals surface area contributed by atoms with Crippen LogP contribution in [0.2, 0.25) is 5.02 Å². The lowest BCUT2D eigenvalue weighted by Crippen LogP contribution is -2.01. The van der Waals surface area contributed by atoms with Crippen molar-refractivity contribution in [2.24, 2.45) is 0 Å². The smallest absolute Gasteiger partial charge is 0.270 e. The molecule has 0 spiro atoms. The van der Waals surface area contributed by atoms with E-state index in [0.717, 1.165) is 0 Å². The van der Waals surface area contributed by atoms with Gasteiger partial charge in [-0.3, -0.25) is 10.1 Å². The van der Waals surface area contributed by atoms with Gasteiger partial charge in [0.2, 0.25) is 0 Å². The second-order valence-corrected chi connectivity index (χ2v) is 4.64. The Hall–Kier alpha value is -2.34. The number of rotatable bonds is 5. The summed E-state index contributed by atoms with van der Waals surface area (Å²) in [6, 6.07) is 8.70. The lowest BCUT2D eigenvalue weighted by atomic mass is 10.2. The molecule has 110 valence electrons. The van der Waals surface area contributed by atoms with Crippen molar-refractivity contribution in [2.45, 2.75) is 6.54 Å². The predicted octanol–water partition coefficient (Wildman–Crippen LogP) is 4.01. The van der Waals surface area contributed by atoms with Crippen LogP contribution in [0.3, 0.4) is 0 Å². The number of halogens is 2. The van der Waals surface area contributed by atoms with E-state index in [4.69, 9.17) is 16.3 Å². The molecule has 0 aliphatic heterocycles. The first-order chi connectivity index (χ1) is 10.0. The Labute approximate surface area is 125 Å². The van der Waals surface area contributed by atoms with Gasteiger partial charge in [-0.1, -0.05) is 11.6 Å². The number of ether oxygens (including phenoxy) is 1. The zero-order valence-corrected chi connectivity index (χ0v) is 11.9. The largest absolute Gasteiger partial charge is 0.494 e. The molecule has 21 heavy (non-hydrogen) atoms. The van der Waals surface area contributed by atoms with Gasteiger partial charge in [0.1, 0.15) is 0 Å². The van der Waals surface area contributed by atoms with Gasteiger partial charge < -0.3 is 10.1 Å². The van der Waals surface area contributed by atoms with Crippen molar-refractivity contribution in [3.05, 3.63) is 62.9 Å². The van der Waals surface area contributed by atoms with Gasteiger partial charge in [0.05, 0.1) is 17.1 Å². The predicted molar refractivity (Wildman–Crippen MR) is 78.4 cm³/mol. The molecule has 0 saturated carbocycles. The summed E-state index contributed by atoms with van der Waals surface area (Å²) in [4.78, 5) is 10.1. The van der Waals surface area contributed by atoms with Gasteiger partial charge in [0.15, 0.2) is 11.6 Å². The summed E-state index contributed by atoms with van der Waals surface area (Å²) >= 11 is 5.98. The Morgan fingerprint density at radius 2 is 2.10 bits per heavy atom. The van der Waals surface area contributed by atoms with E-state index in [1.807, 2.05) is 0 Å². The molecule has 0 saturated heterocycles. The van der Waals surface area contributed by atoms with Crippen LogP contribution >= 0.6 is 11.6 Å². The molecule has 0 unspecified atom stereocenters. The number of methoxy groups -OCH3 is 1. The van der Waals surface area contributed by atoms with E-state index in [2.05, 4.69) is 5.32 Å². The van der Waals surface area contributed by atoms with Crippen molar-refractivity contribution in [1.29, 1.82) is 0 Å². The van der Waals surface area contributed by atoms with Crippen molar-refractivity contribution in [1.82, 2.24) is 0 Å². The molecule has 5 nitrogen and oxygen atoms in total. The van der Waals surface area contributed by atoms with Gasteiger partial charge in [-0.25, -0.2) is 4.39 Å². The van der Waals surface area contributed by atoms with Gasteiger partial charge in [0.25, 0.3) is 5.69 Å². The van der Waals surface area contributed by atoms with Gasteiger partial charge in [0, 0.05) is 30.4 Å². The molecular formula is C14H12ClFN2O3. The molecule has 0 fully saturated rings. The highest BCUT2D eigenvalue weighted by Gasteiger charge is 2.09. The Balaban J connectivity index is 2.09. The number of benzene rings is 2. The van der Waals surface area contributed by atoms with Crippen molar-refractivity contribution in [3.63, 3.8) is 0 Å². The minimum Gasteiger partial charge on any atom is -0.494 e. The second kappa shape index (κ2) is 6.41. The van der Waals surface area contributed by atoms with E-state index in [0.29, 0.717) is 17.8 Å². The maximum Gasteiger partial charge on any atom is 0.270 e. The molecular weight excluding hydrogens is 299 g/mol. The van der Waals surface area contributed by atoms with E-state index in [-0.39, 0.29) is 16.5 Å². The fraction of sp³-hybridized carbons (Fsp3) is 0.143. The molecule has 1 N–H and O–H groups in total. The lowest BCUT2D eigenvalue weighted by Gasteiger charge is -2.09. The van der Waals surface area contributed by atoms with Crippen LogP contribution in [0.4, 0.5) is 15.8 Å². The van der Waals surface area contributed by atoms with Crippen molar-refractivity contribution in [3.8, 4) is 5.75 Å². The summed E-state index contributed by atoms with van der Waals surface area (Å²) in [6.45, 7) is 0.322. The molecule has 2 aromatic carbocycles. The number of nitro benzene ring substituents is 1. The van der Waals surface area contributed by atoms with E-state index in [1.54, 1.807) is 12.1 Å². The third kappa shape index (κ3) is 3.61. The molecule has 0 atom stereocenters. The molecule has 0 heterocycles. The summed E-state index contributed by atoms with van der Waals surface area (Å²) < 4.78 is 18.4. The minimum atomic E-state index is -0.512. The molecule has 2 aromatic rings. The minimum absolute atomic E-state index is 0.0701. The number of anilines is 1. The molecule has 0 amide bonds. The van der Waals surface area contributed by atoms with Crippen molar-refractivity contribution >= 4 is 23.0 Å². The summed E-state index contributed by atoms with van der Waals surface area (Å²) in [5, 5.41) is 13.9. The van der Waals surface area contributed by atoms with Crippen LogP contribution in [0.25, 0.3) is 0 Å². The van der Waals surface area contributed by atoms with Crippen LogP contribution in [0.15, 0.2) is 36.4 Å². The quantitative estimate of drug-likeness (QED) is 0.669. The van der Waals surface area contributed by atoms with E-state index in [1.165, 1.54) is 31.4 Å². The molecule has 7 heteroatoms. The molecule has 0 radical (unpaired) electrons. The molecule has 2 rings (SSSR count). The first-order valence-corrected chi connectivity index (χ1v) is 6.39. The van der Waals surface area contributed by atoms with Gasteiger partial charge in [-0.05, 0) is 23.8 Å². The number of hydrogen-bond donors (Lipinski definition) is 1. The standard InChI is InChI=1S/C14H12ClFN2O3/c1-21-14-5-3-10(6-13(14)16)17-8-9-2-4-11(18(19)20)7-12(9)15/h2-7,17H,8H2,1H3. The zero-order chi connectivity index (χ0) is 15.4. The first-order valence-electron chi connectivity index (χ1n) is 6.01. The highest BCUT2D eigenvalue weighted by Crippen LogP contribution is 2.25. The topological polar surface area (TPSA) is 64.4 Å². The Morgan fingerprint density at radius 1 is 1.33 bits per heavy atom. The van der Waals surface area contributed by atoms with Crippen molar-refractivity contribution in [2.75, 3.05) is 12.4 Å². The summed E-state index contributed by atoms with van der Waals surface area (Å²) in [5.74, 6) is -0.314. The molecule has 0 aliphatic carbocycles. The average molecular weight is 311 g/mol. The monoisotopic (exact) mass is 310 g/mol. The summed E-state index contributed by atoms with van der Waals surface area (Å²) in [7, 11) is 1.39. The fourth-order valence-corrected chi connectivity index (χ4v) is 2.01. The van der Waals surface area contributed by atoms with Crippen molar-refractivity contribution < 1.29 is 14.1 Å². The SMILES string of the molecule is COc1ccc(NCc2ccc([N+](=O)[O-])cc2Cl)cc1F. The van der Waals surface area contributed by atoms with E-state index >= 15 is 0 Å². The van der Waals surface area contributed by atoms with Crippen LogP contribution < -0.4 is 10.1 Å². The number of hydrogen-bond acceptors (Lipinski definition) is 4. The highest BCUT2D eigenvalue weighted by molar-refractivity contribution is 6.31. The molecule has 0 aromatic heterocycles. The second-order valence-electron chi connectivity index (χ2n) is 4.24. The first kappa shape index (κ1) is 15.1. The normalized spacial score (nSPS) is 10.2. The van der Waals surface area contributed by atoms with E-state index < -0.39 is 10.7 Å². The van der Waals surface area contributed by atoms with Gasteiger partial charge in [-0.2, -0.15) is 0 Å². The Morgan fingerprint density at radius 3 is 2.67 bits per heavy atom. The van der Waals surface area contributed by atoms with Crippen LogP contribution in [0.5, 0.6) is 5.75 Å². The maximum atomic E-state index is 13.5. The van der Waals surface area contributed by atoms with Gasteiger partial charge >= 0.3 is 0 Å². The average Bonchev–Trinajstić information content (AvgIpc) is 2.46. The third-order valence-corrected chi connectivity index (χ3v) is 3.23. The van der Waals surface area contributed by atoms with Gasteiger partial charge in [-0.15, -0.1) is 0 Å². The van der Waals surface area contributed by atoms with E-state index in [9.17, 15) is 14.5 Å². The third-order valence-electron chi connectivity index (χ3n) is 2.88. The van der Waals surface area contributed by atoms with Crippen LogP contribution in [0.1, 0.15) is 5.56 Å². The number of non-ortho nitro benzene ring substituents is 1. The highest BCUT2D eigenvalue weighted by atomic mass is 35.5. The van der Waals surface area contributed by atoms with Crippen LogP contribution in [0, 0.1) is 15.9 Å². The molecule has 0 aliphatic rings. The fourth-order valence-electron chi connectivity index (χ4n) is 1.77. The Kier molecular flexibility index (Phi) is 4.59. The Bertz CT molecular complexity index is 679. The lowest BCUT2D eigenvalue weighted by molar-refractivity contribution is -0.384. The van der Waals surface area contributed by atoms with Crippen LogP contribution in [-0.2, 0) is 6.54 Å².